The van der Waals surface area contributed by atoms with Crippen molar-refractivity contribution in [1.82, 2.24) is 0 Å². The monoisotopic (exact) mass is 257 g/mol. The highest BCUT2D eigenvalue weighted by Crippen LogP contribution is 2.10. The Morgan fingerprint density at radius 3 is 2.82 bits per heavy atom. The average molecular weight is 257 g/mol. The van der Waals surface area contributed by atoms with Crippen molar-refractivity contribution in [1.29, 1.82) is 0 Å². The number of thioether (sulfide) groups is 1. The number of rotatable bonds is 3. The van der Waals surface area contributed by atoms with Gasteiger partial charge < -0.3 is 19.5 Å². The van der Waals surface area contributed by atoms with Crippen LogP contribution in [0.5, 0.6) is 5.75 Å². The highest BCUT2D eigenvalue weighted by atomic mass is 32.2. The van der Waals surface area contributed by atoms with Gasteiger partial charge in [-0.25, -0.2) is 0 Å². The maximum absolute atomic E-state index is 11.6. The first-order valence-corrected chi connectivity index (χ1v) is 6.71. The quantitative estimate of drug-likeness (QED) is 0.677. The van der Waals surface area contributed by atoms with Gasteiger partial charge in [0.25, 0.3) is 0 Å². The summed E-state index contributed by atoms with van der Waals surface area (Å²) in [5, 5.41) is 20.5. The summed E-state index contributed by atoms with van der Waals surface area (Å²) < 4.78 is 5.25. The van der Waals surface area contributed by atoms with Crippen LogP contribution >= 0.6 is 11.8 Å². The van der Waals surface area contributed by atoms with Crippen molar-refractivity contribution < 1.29 is 19.5 Å². The standard InChI is InChI=1S/C11H15NO4S/c13-7-8-5-9(14)11(15)10(16-8)6-12-1-3-17-4-2-12/h5,13,15H,1-4,6-7H2. The van der Waals surface area contributed by atoms with E-state index in [2.05, 4.69) is 0 Å². The van der Waals surface area contributed by atoms with Crippen LogP contribution in [0, 0.1) is 0 Å². The molecule has 2 N–H and O–H groups in total. The normalized spacial score (nSPS) is 17.2. The van der Waals surface area contributed by atoms with E-state index in [0.717, 1.165) is 30.7 Å². The van der Waals surface area contributed by atoms with Crippen LogP contribution in [-0.2, 0) is 13.2 Å². The molecule has 2 heterocycles. The smallest absolute Gasteiger partial charge is 0.177 e. The molecule has 1 aromatic heterocycles. The van der Waals surface area contributed by atoms with Gasteiger partial charge >= 0.3 is 0 Å². The maximum atomic E-state index is 11.6. The molecular formula is C11H15NO4S. The van der Waals surface area contributed by atoms with Crippen LogP contribution in [0.3, 0.4) is 0 Å². The fourth-order valence-electron chi connectivity index (χ4n) is 1.84. The van der Waals surface area contributed by atoms with Gasteiger partial charge in [-0.05, 0) is 5.75 Å². The molecule has 0 radical (unpaired) electrons. The number of hydrogen-bond acceptors (Lipinski definition) is 5. The van der Waals surface area contributed by atoms with Crippen molar-refractivity contribution in [2.45, 2.75) is 13.2 Å². The second-order valence-corrected chi connectivity index (χ2v) is 5.25. The van der Waals surface area contributed by atoms with Crippen molar-refractivity contribution in [3.8, 4) is 5.75 Å². The Morgan fingerprint density at radius 2 is 2.18 bits per heavy atom. The number of nitrogens with one attached hydrogen (secondary N) is 1. The number of hydrogen-bond donors (Lipinski definition) is 2. The summed E-state index contributed by atoms with van der Waals surface area (Å²) in [5.41, 5.74) is -0.596. The predicted octanol–water partition coefficient (Wildman–Crippen LogP) is -1.66. The van der Waals surface area contributed by atoms with E-state index in [9.17, 15) is 9.90 Å². The molecule has 1 saturated heterocycles. The van der Waals surface area contributed by atoms with Gasteiger partial charge in [0.05, 0.1) is 13.1 Å². The summed E-state index contributed by atoms with van der Waals surface area (Å²) in [4.78, 5) is 12.6. The molecule has 1 fully saturated rings. The first-order valence-electron chi connectivity index (χ1n) is 5.56. The van der Waals surface area contributed by atoms with Crippen LogP contribution in [0.1, 0.15) is 11.5 Å². The molecule has 0 saturated carbocycles. The van der Waals surface area contributed by atoms with Crippen molar-refractivity contribution in [2.75, 3.05) is 24.6 Å². The van der Waals surface area contributed by atoms with E-state index < -0.39 is 11.2 Å². The van der Waals surface area contributed by atoms with Gasteiger partial charge in [0.2, 0.25) is 0 Å². The van der Waals surface area contributed by atoms with Crippen LogP contribution in [0.4, 0.5) is 0 Å². The Balaban J connectivity index is 2.18. The molecule has 0 unspecified atom stereocenters. The van der Waals surface area contributed by atoms with Gasteiger partial charge in [0.1, 0.15) is 18.9 Å². The summed E-state index contributed by atoms with van der Waals surface area (Å²) >= 11 is 1.89. The van der Waals surface area contributed by atoms with Crippen molar-refractivity contribution in [3.63, 3.8) is 0 Å². The Morgan fingerprint density at radius 1 is 1.47 bits per heavy atom. The van der Waals surface area contributed by atoms with Crippen LogP contribution in [0.2, 0.25) is 0 Å². The predicted molar refractivity (Wildman–Crippen MR) is 62.1 cm³/mol. The summed E-state index contributed by atoms with van der Waals surface area (Å²) in [6.07, 6.45) is 0. The van der Waals surface area contributed by atoms with Crippen molar-refractivity contribution in [3.05, 3.63) is 27.8 Å². The molecule has 0 aliphatic carbocycles. The minimum absolute atomic E-state index is 0.162. The van der Waals surface area contributed by atoms with Gasteiger partial charge in [-0.3, -0.25) is 4.79 Å². The lowest BCUT2D eigenvalue weighted by Gasteiger charge is -2.24. The Kier molecular flexibility index (Phi) is 4.09. The van der Waals surface area contributed by atoms with E-state index in [1.54, 1.807) is 0 Å². The molecule has 1 aliphatic rings. The van der Waals surface area contributed by atoms with Crippen LogP contribution in [0.25, 0.3) is 0 Å². The van der Waals surface area contributed by atoms with E-state index in [-0.39, 0.29) is 18.1 Å². The topological polar surface area (TPSA) is 77.9 Å². The molecule has 0 aromatic carbocycles. The highest BCUT2D eigenvalue weighted by Gasteiger charge is 2.17. The van der Waals surface area contributed by atoms with Crippen molar-refractivity contribution in [2.24, 2.45) is 0 Å². The summed E-state index contributed by atoms with van der Waals surface area (Å²) in [6.45, 7) is 2.02. The first-order chi connectivity index (χ1) is 8.20. The van der Waals surface area contributed by atoms with E-state index in [1.165, 1.54) is 4.90 Å². The average Bonchev–Trinajstić information content (AvgIpc) is 2.36. The molecular weight excluding hydrogens is 242 g/mol. The van der Waals surface area contributed by atoms with Crippen molar-refractivity contribution >= 4 is 11.8 Å². The molecule has 5 nitrogen and oxygen atoms in total. The molecule has 94 valence electrons. The molecule has 0 amide bonds. The second-order valence-electron chi connectivity index (χ2n) is 4.03. The van der Waals surface area contributed by atoms with Gasteiger partial charge in [0.15, 0.2) is 11.2 Å². The number of aliphatic hydroxyl groups excluding tert-OH is 1. The molecule has 0 bridgehead atoms. The summed E-state index contributed by atoms with van der Waals surface area (Å²) in [5.74, 6) is 1.88. The highest BCUT2D eigenvalue weighted by molar-refractivity contribution is 7.99. The molecule has 6 heteroatoms. The molecule has 0 spiro atoms. The second kappa shape index (κ2) is 5.57. The third-order valence-electron chi connectivity index (χ3n) is 2.79. The lowest BCUT2D eigenvalue weighted by Crippen LogP contribution is -3.12. The Hall–Kier alpha value is -0.980. The van der Waals surface area contributed by atoms with Crippen LogP contribution in [-0.4, -0.2) is 29.7 Å². The summed E-state index contributed by atoms with van der Waals surface area (Å²) in [6, 6.07) is 1.06. The van der Waals surface area contributed by atoms with E-state index in [4.69, 9.17) is 9.52 Å². The number of aliphatic hydroxyl groups is 1. The van der Waals surface area contributed by atoms with Gasteiger partial charge in [-0.1, -0.05) is 0 Å². The minimum Gasteiger partial charge on any atom is -0.867 e. The van der Waals surface area contributed by atoms with Crippen LogP contribution < -0.4 is 15.4 Å². The third kappa shape index (κ3) is 3.02. The lowest BCUT2D eigenvalue weighted by atomic mass is 10.3. The maximum Gasteiger partial charge on any atom is 0.177 e. The SMILES string of the molecule is O=c1cc(CO)oc(C[NH+]2CCSCC2)c1[O-]. The molecule has 2 rings (SSSR count). The Labute approximate surface area is 103 Å². The fourth-order valence-corrected chi connectivity index (χ4v) is 2.91. The minimum atomic E-state index is -0.596. The Bertz CT molecular complexity index is 440. The molecule has 0 atom stereocenters. The first kappa shape index (κ1) is 12.5. The summed E-state index contributed by atoms with van der Waals surface area (Å²) in [7, 11) is 0. The molecule has 1 aromatic rings. The fraction of sp³-hybridized carbons (Fsp3) is 0.545. The van der Waals surface area contributed by atoms with Gasteiger partial charge in [0, 0.05) is 17.6 Å². The third-order valence-corrected chi connectivity index (χ3v) is 3.78. The zero-order chi connectivity index (χ0) is 12.3. The largest absolute Gasteiger partial charge is 0.867 e. The van der Waals surface area contributed by atoms with Gasteiger partial charge in [-0.15, -0.1) is 0 Å². The zero-order valence-electron chi connectivity index (χ0n) is 9.40. The van der Waals surface area contributed by atoms with Gasteiger partial charge in [-0.2, -0.15) is 11.8 Å². The van der Waals surface area contributed by atoms with Crippen LogP contribution in [0.15, 0.2) is 15.3 Å². The number of quaternary nitrogens is 1. The van der Waals surface area contributed by atoms with E-state index >= 15 is 0 Å². The van der Waals surface area contributed by atoms with E-state index in [1.807, 2.05) is 11.8 Å². The van der Waals surface area contributed by atoms with E-state index in [0.29, 0.717) is 6.54 Å². The molecule has 1 aliphatic heterocycles. The zero-order valence-corrected chi connectivity index (χ0v) is 10.2. The lowest BCUT2D eigenvalue weighted by molar-refractivity contribution is -0.911. The molecule has 17 heavy (non-hydrogen) atoms.